The molecule has 1 rings (SSSR count). The molecular formula is C10H7NO7. The third kappa shape index (κ3) is 2.82. The normalized spacial score (nSPS) is 10.4. The van der Waals surface area contributed by atoms with Gasteiger partial charge in [0.05, 0.1) is 0 Å². The maximum absolute atomic E-state index is 11.0. The molecule has 8 nitrogen and oxygen atoms in total. The van der Waals surface area contributed by atoms with Crippen LogP contribution in [0.3, 0.4) is 0 Å². The number of aromatic amines is 1. The van der Waals surface area contributed by atoms with E-state index in [1.165, 1.54) is 0 Å². The number of carbonyl (C=O) groups is 3. The second kappa shape index (κ2) is 4.95. The zero-order valence-electron chi connectivity index (χ0n) is 8.71. The Bertz CT molecular complexity index is 611. The summed E-state index contributed by atoms with van der Waals surface area (Å²) in [4.78, 5) is 44.7. The molecule has 94 valence electrons. The number of carboxylic acid groups (broad SMARTS) is 2. The monoisotopic (exact) mass is 253 g/mol. The van der Waals surface area contributed by atoms with Crippen LogP contribution in [-0.4, -0.2) is 38.0 Å². The van der Waals surface area contributed by atoms with E-state index in [1.54, 1.807) is 0 Å². The van der Waals surface area contributed by atoms with E-state index >= 15 is 0 Å². The molecule has 0 spiro atoms. The predicted molar refractivity (Wildman–Crippen MR) is 57.4 cm³/mol. The summed E-state index contributed by atoms with van der Waals surface area (Å²) in [5, 5.41) is 26.5. The number of ketones is 1. The lowest BCUT2D eigenvalue weighted by molar-refractivity contribution is -0.146. The Hall–Kier alpha value is -2.90. The van der Waals surface area contributed by atoms with Crippen LogP contribution in [0.5, 0.6) is 5.75 Å². The van der Waals surface area contributed by atoms with Crippen molar-refractivity contribution in [2.45, 2.75) is 0 Å². The van der Waals surface area contributed by atoms with Crippen molar-refractivity contribution in [3.05, 3.63) is 33.8 Å². The Labute approximate surface area is 98.8 Å². The zero-order valence-corrected chi connectivity index (χ0v) is 8.71. The molecule has 0 bridgehead atoms. The number of hydrogen-bond acceptors (Lipinski definition) is 5. The van der Waals surface area contributed by atoms with Crippen molar-refractivity contribution in [2.75, 3.05) is 0 Å². The van der Waals surface area contributed by atoms with Crippen LogP contribution in [0.1, 0.15) is 16.1 Å². The van der Waals surface area contributed by atoms with Gasteiger partial charge in [0.25, 0.3) is 11.3 Å². The van der Waals surface area contributed by atoms with Crippen LogP contribution in [0, 0.1) is 0 Å². The molecule has 4 N–H and O–H groups in total. The maximum Gasteiger partial charge on any atom is 0.376 e. The van der Waals surface area contributed by atoms with Gasteiger partial charge in [0.15, 0.2) is 0 Å². The minimum atomic E-state index is -1.73. The molecule has 1 aromatic rings. The number of aliphatic carboxylic acids is 1. The minimum Gasteiger partial charge on any atom is -0.507 e. The summed E-state index contributed by atoms with van der Waals surface area (Å²) in [5.41, 5.74) is -1.85. The minimum absolute atomic E-state index is 0.364. The molecule has 0 saturated carbocycles. The number of carbonyl (C=O) groups excluding carboxylic acids is 1. The average Bonchev–Trinajstić information content (AvgIpc) is 2.26. The molecule has 0 saturated heterocycles. The fourth-order valence-corrected chi connectivity index (χ4v) is 1.12. The van der Waals surface area contributed by atoms with Crippen LogP contribution in [0.15, 0.2) is 16.9 Å². The number of rotatable bonds is 4. The molecule has 18 heavy (non-hydrogen) atoms. The Morgan fingerprint density at radius 3 is 2.33 bits per heavy atom. The van der Waals surface area contributed by atoms with E-state index in [4.69, 9.17) is 10.2 Å². The summed E-state index contributed by atoms with van der Waals surface area (Å²) < 4.78 is 0. The summed E-state index contributed by atoms with van der Waals surface area (Å²) in [6, 6.07) is 0.706. The highest BCUT2D eigenvalue weighted by Crippen LogP contribution is 2.19. The van der Waals surface area contributed by atoms with Crippen LogP contribution < -0.4 is 5.56 Å². The van der Waals surface area contributed by atoms with Gasteiger partial charge in [-0.3, -0.25) is 9.59 Å². The van der Waals surface area contributed by atoms with Crippen molar-refractivity contribution in [3.63, 3.8) is 0 Å². The summed E-state index contributed by atoms with van der Waals surface area (Å²) in [6.07, 6.45) is 1.37. The Kier molecular flexibility index (Phi) is 3.62. The molecule has 0 fully saturated rings. The van der Waals surface area contributed by atoms with E-state index in [9.17, 15) is 24.3 Å². The Balaban J connectivity index is 3.32. The number of aromatic carboxylic acids is 1. The van der Waals surface area contributed by atoms with Gasteiger partial charge < -0.3 is 20.3 Å². The number of carboxylic acids is 2. The SMILES string of the molecule is O=C(O)C(=O)C=Cc1c(O)cc(=O)[nH]c1C(=O)O. The molecule has 0 aliphatic heterocycles. The highest BCUT2D eigenvalue weighted by Gasteiger charge is 2.15. The molecule has 1 aromatic heterocycles. The molecule has 0 amide bonds. The van der Waals surface area contributed by atoms with E-state index in [0.29, 0.717) is 12.1 Å². The van der Waals surface area contributed by atoms with Gasteiger partial charge in [-0.1, -0.05) is 0 Å². The molecule has 1 heterocycles. The Morgan fingerprint density at radius 1 is 1.22 bits per heavy atom. The molecule has 8 heteroatoms. The van der Waals surface area contributed by atoms with E-state index in [-0.39, 0.29) is 5.56 Å². The lowest BCUT2D eigenvalue weighted by atomic mass is 10.1. The first-order valence-electron chi connectivity index (χ1n) is 4.48. The first-order valence-corrected chi connectivity index (χ1v) is 4.48. The van der Waals surface area contributed by atoms with Crippen molar-refractivity contribution >= 4 is 23.8 Å². The summed E-state index contributed by atoms with van der Waals surface area (Å²) >= 11 is 0. The zero-order chi connectivity index (χ0) is 13.9. The molecule has 0 radical (unpaired) electrons. The van der Waals surface area contributed by atoms with Crippen molar-refractivity contribution in [1.29, 1.82) is 0 Å². The van der Waals surface area contributed by atoms with Crippen molar-refractivity contribution in [3.8, 4) is 5.75 Å². The molecule has 0 unspecified atom stereocenters. The van der Waals surface area contributed by atoms with Crippen molar-refractivity contribution < 1.29 is 29.7 Å². The first-order chi connectivity index (χ1) is 8.32. The summed E-state index contributed by atoms with van der Waals surface area (Å²) in [5.74, 6) is -5.24. The standard InChI is InChI=1S/C10H7NO7/c12-5(9(15)16)2-1-4-6(13)3-7(14)11-8(4)10(17)18/h1-3H,(H,15,16)(H,17,18)(H2,11,13,14). The van der Waals surface area contributed by atoms with Crippen molar-refractivity contribution in [2.24, 2.45) is 0 Å². The molecule has 0 aliphatic carbocycles. The van der Waals surface area contributed by atoms with Gasteiger partial charge in [-0.05, 0) is 12.2 Å². The van der Waals surface area contributed by atoms with Crippen LogP contribution in [0.2, 0.25) is 0 Å². The third-order valence-electron chi connectivity index (χ3n) is 1.89. The number of H-pyrrole nitrogens is 1. The quantitative estimate of drug-likeness (QED) is 0.416. The van der Waals surface area contributed by atoms with Gasteiger partial charge in [-0.2, -0.15) is 0 Å². The van der Waals surface area contributed by atoms with Gasteiger partial charge in [0.1, 0.15) is 11.4 Å². The van der Waals surface area contributed by atoms with Gasteiger partial charge in [-0.25, -0.2) is 9.59 Å². The Morgan fingerprint density at radius 2 is 1.83 bits per heavy atom. The van der Waals surface area contributed by atoms with Crippen LogP contribution in [0.4, 0.5) is 0 Å². The summed E-state index contributed by atoms with van der Waals surface area (Å²) in [6.45, 7) is 0. The van der Waals surface area contributed by atoms with Gasteiger partial charge in [0, 0.05) is 11.6 Å². The second-order valence-electron chi connectivity index (χ2n) is 3.12. The van der Waals surface area contributed by atoms with Crippen LogP contribution >= 0.6 is 0 Å². The molecule has 0 aliphatic rings. The van der Waals surface area contributed by atoms with E-state index in [2.05, 4.69) is 0 Å². The second-order valence-corrected chi connectivity index (χ2v) is 3.12. The highest BCUT2D eigenvalue weighted by atomic mass is 16.4. The van der Waals surface area contributed by atoms with Gasteiger partial charge in [0.2, 0.25) is 0 Å². The topological polar surface area (TPSA) is 145 Å². The van der Waals surface area contributed by atoms with Gasteiger partial charge >= 0.3 is 11.9 Å². The lowest BCUT2D eigenvalue weighted by Crippen LogP contribution is -2.14. The predicted octanol–water partition coefficient (Wildman–Crippen LogP) is -0.554. The van der Waals surface area contributed by atoms with E-state index in [0.717, 1.165) is 6.08 Å². The first kappa shape index (κ1) is 13.2. The maximum atomic E-state index is 11.0. The largest absolute Gasteiger partial charge is 0.507 e. The number of nitrogens with one attached hydrogen (secondary N) is 1. The number of pyridine rings is 1. The van der Waals surface area contributed by atoms with Gasteiger partial charge in [-0.15, -0.1) is 0 Å². The fourth-order valence-electron chi connectivity index (χ4n) is 1.12. The number of aromatic nitrogens is 1. The smallest absolute Gasteiger partial charge is 0.376 e. The van der Waals surface area contributed by atoms with Crippen LogP contribution in [-0.2, 0) is 9.59 Å². The average molecular weight is 253 g/mol. The van der Waals surface area contributed by atoms with Crippen molar-refractivity contribution in [1.82, 2.24) is 4.98 Å². The van der Waals surface area contributed by atoms with Crippen LogP contribution in [0.25, 0.3) is 6.08 Å². The number of hydrogen-bond donors (Lipinski definition) is 4. The molecule has 0 atom stereocenters. The fraction of sp³-hybridized carbons (Fsp3) is 0. The van der Waals surface area contributed by atoms with E-state index < -0.39 is 34.7 Å². The summed E-state index contributed by atoms with van der Waals surface area (Å²) in [7, 11) is 0. The molecule has 0 aromatic carbocycles. The third-order valence-corrected chi connectivity index (χ3v) is 1.89. The number of aromatic hydroxyl groups is 1. The highest BCUT2D eigenvalue weighted by molar-refractivity contribution is 6.38. The molecular weight excluding hydrogens is 246 g/mol. The lowest BCUT2D eigenvalue weighted by Gasteiger charge is -2.02. The van der Waals surface area contributed by atoms with E-state index in [1.807, 2.05) is 4.98 Å².